The first kappa shape index (κ1) is 51.6. The number of carbonyl (C=O) groups is 7. The number of carbonyl (C=O) groups excluding carboxylic acids is 7. The van der Waals surface area contributed by atoms with E-state index in [0.29, 0.717) is 75.0 Å². The van der Waals surface area contributed by atoms with Crippen molar-refractivity contribution in [3.63, 3.8) is 0 Å². The summed E-state index contributed by atoms with van der Waals surface area (Å²) < 4.78 is 24.1. The predicted molar refractivity (Wildman–Crippen MR) is 266 cm³/mol. The van der Waals surface area contributed by atoms with Crippen molar-refractivity contribution in [2.24, 2.45) is 11.7 Å². The zero-order valence-electron chi connectivity index (χ0n) is 40.8. The number of rotatable bonds is 22. The highest BCUT2D eigenvalue weighted by atomic mass is 16.7. The molecule has 21 heteroatoms. The summed E-state index contributed by atoms with van der Waals surface area (Å²) in [5.74, 6) is -0.906. The zero-order valence-corrected chi connectivity index (χ0v) is 40.8. The van der Waals surface area contributed by atoms with Gasteiger partial charge in [0.05, 0.1) is 23.5 Å². The molecular formula is C51H59N9O12. The molecule has 8 amide bonds. The number of fused-ring (bicyclic) bond motifs is 6. The molecule has 2 aliphatic heterocycles. The third kappa shape index (κ3) is 12.2. The van der Waals surface area contributed by atoms with E-state index in [1.54, 1.807) is 75.2 Å². The number of nitrogens with one attached hydrogen (secondary N) is 4. The molecule has 5 aromatic rings. The van der Waals surface area contributed by atoms with Crippen molar-refractivity contribution in [2.45, 2.75) is 84.5 Å². The van der Waals surface area contributed by atoms with Crippen molar-refractivity contribution < 1.29 is 52.5 Å². The number of aryl methyl sites for hydroxylation is 1. The Balaban J connectivity index is 0.950. The van der Waals surface area contributed by atoms with Crippen LogP contribution < -0.4 is 46.8 Å². The smallest absolute Gasteiger partial charge is 0.409 e. The highest BCUT2D eigenvalue weighted by Crippen LogP contribution is 2.39. The number of aromatic nitrogens is 2. The molecule has 2 atom stereocenters. The van der Waals surface area contributed by atoms with Gasteiger partial charge in [0.25, 0.3) is 17.4 Å². The molecule has 0 fully saturated rings. The zero-order chi connectivity index (χ0) is 51.6. The lowest BCUT2D eigenvalue weighted by Crippen LogP contribution is -2.54. The van der Waals surface area contributed by atoms with Gasteiger partial charge in [0.15, 0.2) is 11.5 Å². The van der Waals surface area contributed by atoms with Crippen LogP contribution in [0, 0.1) is 12.8 Å². The second-order valence-corrected chi connectivity index (χ2v) is 18.0. The average molecular weight is 990 g/mol. The third-order valence-corrected chi connectivity index (χ3v) is 12.5. The monoisotopic (exact) mass is 989 g/mol. The van der Waals surface area contributed by atoms with Crippen LogP contribution in [0.3, 0.4) is 0 Å². The molecule has 72 heavy (non-hydrogen) atoms. The largest absolute Gasteiger partial charge is 0.496 e. The SMILES string of the molecule is COc1cc2c(=O)n(CCN(C)C(=O)OCc3ccc(NC(=O)[C@H](CCCNC(N)=O)NC(=O)[C@@H](NC(=O)CCCCCN4C(=O)C=CC4=O)C(C)C)cc3)c3c4cc5c(cc4ncc3c2cc1C)OCO5. The maximum absolute atomic E-state index is 14.3. The average Bonchev–Trinajstić information content (AvgIpc) is 3.95. The highest BCUT2D eigenvalue weighted by molar-refractivity contribution is 6.15. The number of likely N-dealkylation sites (N-methyl/N-ethyl adjacent to an activating group) is 1. The van der Waals surface area contributed by atoms with Gasteiger partial charge in [-0.25, -0.2) is 9.59 Å². The van der Waals surface area contributed by atoms with E-state index in [-0.39, 0.29) is 88.0 Å². The second kappa shape index (κ2) is 23.1. The number of urea groups is 1. The number of methoxy groups -OCH3 is 1. The molecule has 3 aromatic carbocycles. The maximum atomic E-state index is 14.3. The van der Waals surface area contributed by atoms with Crippen LogP contribution in [-0.2, 0) is 41.9 Å². The summed E-state index contributed by atoms with van der Waals surface area (Å²) in [5, 5.41) is 13.4. The van der Waals surface area contributed by atoms with Crippen LogP contribution in [0.15, 0.2) is 71.7 Å². The number of nitrogens with two attached hydrogens (primary N) is 1. The van der Waals surface area contributed by atoms with Crippen molar-refractivity contribution in [3.05, 3.63) is 88.4 Å². The van der Waals surface area contributed by atoms with E-state index < -0.39 is 36.0 Å². The Morgan fingerprint density at radius 1 is 0.847 bits per heavy atom. The molecule has 0 unspecified atom stereocenters. The Morgan fingerprint density at radius 2 is 1.57 bits per heavy atom. The van der Waals surface area contributed by atoms with Gasteiger partial charge in [0, 0.05) is 80.5 Å². The van der Waals surface area contributed by atoms with Crippen LogP contribution in [0.2, 0.25) is 0 Å². The minimum Gasteiger partial charge on any atom is -0.496 e. The summed E-state index contributed by atoms with van der Waals surface area (Å²) in [5.41, 5.74) is 8.02. The number of pyridine rings is 2. The van der Waals surface area contributed by atoms with Gasteiger partial charge in [-0.2, -0.15) is 0 Å². The number of unbranched alkanes of at least 4 members (excludes halogenated alkanes) is 2. The maximum Gasteiger partial charge on any atom is 0.409 e. The number of primary amides is 1. The van der Waals surface area contributed by atoms with Crippen LogP contribution in [0.5, 0.6) is 17.2 Å². The van der Waals surface area contributed by atoms with Crippen molar-refractivity contribution in [2.75, 3.05) is 45.9 Å². The summed E-state index contributed by atoms with van der Waals surface area (Å²) in [6, 6.07) is 11.0. The van der Waals surface area contributed by atoms with Crippen molar-refractivity contribution in [1.82, 2.24) is 35.3 Å². The number of benzene rings is 3. The van der Waals surface area contributed by atoms with Crippen molar-refractivity contribution in [1.29, 1.82) is 0 Å². The lowest BCUT2D eigenvalue weighted by molar-refractivity contribution is -0.137. The molecule has 2 aromatic heterocycles. The van der Waals surface area contributed by atoms with Crippen LogP contribution >= 0.6 is 0 Å². The number of imide groups is 1. The Morgan fingerprint density at radius 3 is 2.26 bits per heavy atom. The van der Waals surface area contributed by atoms with Crippen molar-refractivity contribution >= 4 is 79.9 Å². The minimum atomic E-state index is -1.07. The van der Waals surface area contributed by atoms with Gasteiger partial charge < -0.3 is 55.4 Å². The van der Waals surface area contributed by atoms with E-state index in [1.165, 1.54) is 17.1 Å². The van der Waals surface area contributed by atoms with Crippen LogP contribution in [-0.4, -0.2) is 114 Å². The molecule has 0 saturated heterocycles. The Bertz CT molecular complexity index is 2990. The normalized spacial score (nSPS) is 13.7. The molecule has 0 radical (unpaired) electrons. The number of ether oxygens (including phenoxy) is 4. The standard InChI is InChI=1S/C51H59N9O12/c1-29(2)45(57-42(61)11-7-6-8-19-59-43(62)16-17-44(59)63)48(65)56-37(10-9-18-53-50(52)67)47(64)55-32-14-12-31(13-15-32)27-70-51(68)58(4)20-21-60-46-35-24-40-41(72-28-71-40)25-38(35)54-26-36(46)33-22-30(3)39(69-5)23-34(33)49(60)66/h12-17,22-26,29,37,45H,6-11,18-21,27-28H2,1-5H3,(H,55,64)(H,56,65)(H,57,61)(H3,52,53,67)/t37-,45-/m0/s1. The lowest BCUT2D eigenvalue weighted by atomic mass is 10.0. The van der Waals surface area contributed by atoms with E-state index >= 15 is 0 Å². The molecule has 0 bridgehead atoms. The second-order valence-electron chi connectivity index (χ2n) is 18.0. The fraction of sp³-hybridized carbons (Fsp3) is 0.392. The molecule has 7 rings (SSSR count). The van der Waals surface area contributed by atoms with Gasteiger partial charge in [0.1, 0.15) is 24.4 Å². The summed E-state index contributed by atoms with van der Waals surface area (Å²) in [4.78, 5) is 110. The Labute approximate surface area is 414 Å². The first-order valence-corrected chi connectivity index (χ1v) is 23.7. The Hall–Kier alpha value is -8.23. The van der Waals surface area contributed by atoms with Crippen LogP contribution in [0.4, 0.5) is 15.3 Å². The molecule has 21 nitrogen and oxygen atoms in total. The number of amides is 8. The number of hydrogen-bond acceptors (Lipinski definition) is 13. The third-order valence-electron chi connectivity index (χ3n) is 12.5. The number of anilines is 1. The molecule has 380 valence electrons. The fourth-order valence-corrected chi connectivity index (χ4v) is 8.55. The van der Waals surface area contributed by atoms with E-state index in [2.05, 4.69) is 21.3 Å². The molecule has 0 saturated carbocycles. The van der Waals surface area contributed by atoms with E-state index in [4.69, 9.17) is 29.7 Å². The highest BCUT2D eigenvalue weighted by Gasteiger charge is 2.29. The van der Waals surface area contributed by atoms with Crippen LogP contribution in [0.25, 0.3) is 32.6 Å². The van der Waals surface area contributed by atoms with Crippen molar-refractivity contribution in [3.8, 4) is 17.2 Å². The molecule has 6 N–H and O–H groups in total. The van der Waals surface area contributed by atoms with Gasteiger partial charge in [-0.15, -0.1) is 0 Å². The first-order valence-electron chi connectivity index (χ1n) is 23.7. The topological polar surface area (TPSA) is 272 Å². The predicted octanol–water partition coefficient (Wildman–Crippen LogP) is 4.52. The van der Waals surface area contributed by atoms with Gasteiger partial charge in [0.2, 0.25) is 24.5 Å². The van der Waals surface area contributed by atoms with Gasteiger partial charge in [-0.1, -0.05) is 32.4 Å². The quantitative estimate of drug-likeness (QED) is 0.0363. The number of hydrogen-bond donors (Lipinski definition) is 5. The van der Waals surface area contributed by atoms with E-state index in [9.17, 15) is 38.4 Å². The summed E-state index contributed by atoms with van der Waals surface area (Å²) in [7, 11) is 3.12. The molecule has 0 aliphatic carbocycles. The van der Waals surface area contributed by atoms with Gasteiger partial charge >= 0.3 is 12.1 Å². The van der Waals surface area contributed by atoms with E-state index in [0.717, 1.165) is 15.8 Å². The van der Waals surface area contributed by atoms with Gasteiger partial charge in [-0.05, 0) is 85.4 Å². The lowest BCUT2D eigenvalue weighted by Gasteiger charge is -2.25. The molecule has 4 heterocycles. The fourth-order valence-electron chi connectivity index (χ4n) is 8.55. The summed E-state index contributed by atoms with van der Waals surface area (Å²) in [6.07, 6.45) is 5.62. The van der Waals surface area contributed by atoms with E-state index in [1.807, 2.05) is 19.1 Å². The molecule has 0 spiro atoms. The van der Waals surface area contributed by atoms with Crippen LogP contribution in [0.1, 0.15) is 63.5 Å². The molecule has 2 aliphatic rings. The summed E-state index contributed by atoms with van der Waals surface area (Å²) >= 11 is 0. The summed E-state index contributed by atoms with van der Waals surface area (Å²) in [6.45, 7) is 6.00. The number of nitrogens with zero attached hydrogens (tertiary/aromatic N) is 4. The molecular weight excluding hydrogens is 931 g/mol. The Kier molecular flexibility index (Phi) is 16.6. The van der Waals surface area contributed by atoms with Gasteiger partial charge in [-0.3, -0.25) is 38.7 Å². The first-order chi connectivity index (χ1) is 34.5. The minimum absolute atomic E-state index is 0.0676.